The second-order valence-electron chi connectivity index (χ2n) is 7.42. The van der Waals surface area contributed by atoms with Gasteiger partial charge in [-0.25, -0.2) is 4.39 Å². The lowest BCUT2D eigenvalue weighted by Crippen LogP contribution is -2.55. The lowest BCUT2D eigenvalue weighted by atomic mass is 9.57. The molecule has 1 aliphatic carbocycles. The normalized spacial score (nSPS) is 28.7. The predicted molar refractivity (Wildman–Crippen MR) is 107 cm³/mol. The first-order valence-electron chi connectivity index (χ1n) is 9.06. The number of nitrogens with zero attached hydrogens (tertiary/aromatic N) is 2. The van der Waals surface area contributed by atoms with E-state index in [9.17, 15) is 19.6 Å². The zero-order valence-electron chi connectivity index (χ0n) is 15.8. The number of halogens is 1. The maximum atomic E-state index is 14.2. The molecular weight excluding hydrogens is 377 g/mol. The lowest BCUT2D eigenvalue weighted by Gasteiger charge is -2.48. The molecule has 0 unspecified atom stereocenters. The minimum Gasteiger partial charge on any atom is -0.505 e. The molecule has 7 heteroatoms. The van der Waals surface area contributed by atoms with Gasteiger partial charge in [0.15, 0.2) is 11.6 Å². The van der Waals surface area contributed by atoms with Crippen LogP contribution in [0.4, 0.5) is 4.39 Å². The van der Waals surface area contributed by atoms with E-state index in [1.165, 1.54) is 28.4 Å². The average molecular weight is 399 g/mol. The second-order valence-corrected chi connectivity index (χ2v) is 8.50. The summed E-state index contributed by atoms with van der Waals surface area (Å²) in [6, 6.07) is 5.75. The third kappa shape index (κ3) is 3.08. The van der Waals surface area contributed by atoms with Crippen LogP contribution in [-0.2, 0) is 10.2 Å². The van der Waals surface area contributed by atoms with Gasteiger partial charge in [0.1, 0.15) is 16.8 Å². The van der Waals surface area contributed by atoms with Gasteiger partial charge in [0, 0.05) is 23.8 Å². The van der Waals surface area contributed by atoms with Crippen molar-refractivity contribution in [3.63, 3.8) is 0 Å². The van der Waals surface area contributed by atoms with Gasteiger partial charge in [-0.05, 0) is 43.5 Å². The third-order valence-corrected chi connectivity index (χ3v) is 7.15. The van der Waals surface area contributed by atoms with Crippen LogP contribution in [0, 0.1) is 22.2 Å². The van der Waals surface area contributed by atoms with Crippen LogP contribution in [0.2, 0.25) is 0 Å². The lowest BCUT2D eigenvalue weighted by molar-refractivity contribution is -0.138. The molecule has 1 fully saturated rings. The highest BCUT2D eigenvalue weighted by molar-refractivity contribution is 7.12. The van der Waals surface area contributed by atoms with Gasteiger partial charge in [-0.3, -0.25) is 10.2 Å². The van der Waals surface area contributed by atoms with Crippen LogP contribution < -0.4 is 0 Å². The minimum absolute atomic E-state index is 0.230. The molecule has 2 heterocycles. The minimum atomic E-state index is -1.15. The topological polar surface area (TPSA) is 88.2 Å². The number of amidine groups is 1. The van der Waals surface area contributed by atoms with Gasteiger partial charge >= 0.3 is 0 Å². The molecule has 1 aromatic rings. The van der Waals surface area contributed by atoms with E-state index in [1.54, 1.807) is 19.2 Å². The van der Waals surface area contributed by atoms with E-state index in [4.69, 9.17) is 5.41 Å². The van der Waals surface area contributed by atoms with Crippen LogP contribution in [0.5, 0.6) is 0 Å². The van der Waals surface area contributed by atoms with Crippen molar-refractivity contribution in [2.75, 3.05) is 7.05 Å². The van der Waals surface area contributed by atoms with Crippen LogP contribution in [0.1, 0.15) is 42.4 Å². The quantitative estimate of drug-likeness (QED) is 0.715. The summed E-state index contributed by atoms with van der Waals surface area (Å²) in [5, 5.41) is 27.2. The molecule has 28 heavy (non-hydrogen) atoms. The zero-order chi connectivity index (χ0) is 20.5. The van der Waals surface area contributed by atoms with E-state index in [1.807, 2.05) is 13.0 Å². The highest BCUT2D eigenvalue weighted by atomic mass is 32.1. The Hall–Kier alpha value is -2.72. The highest BCUT2D eigenvalue weighted by Crippen LogP contribution is 2.53. The van der Waals surface area contributed by atoms with Crippen molar-refractivity contribution in [2.24, 2.45) is 5.41 Å². The van der Waals surface area contributed by atoms with E-state index >= 15 is 0 Å². The zero-order valence-corrected chi connectivity index (χ0v) is 16.6. The van der Waals surface area contributed by atoms with E-state index in [0.29, 0.717) is 24.1 Å². The van der Waals surface area contributed by atoms with E-state index in [-0.39, 0.29) is 18.2 Å². The van der Waals surface area contributed by atoms with Crippen molar-refractivity contribution < 1.29 is 14.3 Å². The first-order chi connectivity index (χ1) is 13.2. The van der Waals surface area contributed by atoms with Gasteiger partial charge in [-0.15, -0.1) is 11.3 Å². The van der Waals surface area contributed by atoms with E-state index in [2.05, 4.69) is 6.07 Å². The SMILES string of the molecule is CN1C(=N)CCC[C@](C)(c2ccc(C#N)s2)[C@@]2(C=CC(F)=C(O)C=CC2)C1=O. The summed E-state index contributed by atoms with van der Waals surface area (Å²) in [5.41, 5.74) is -1.85. The standard InChI is InChI=1S/C21H22FN3O2S/c1-20(17-8-7-14(13-23)28-17)10-4-6-18(24)25(2)19(27)21(20)11-3-5-16(26)15(22)9-12-21/h3,5,7-9,12,24,26H,4,6,10-11H2,1-2H3/t20-,21+/m1/s1. The fourth-order valence-electron chi connectivity index (χ4n) is 4.07. The molecule has 3 rings (SSSR count). The van der Waals surface area contributed by atoms with Crippen LogP contribution in [0.3, 0.4) is 0 Å². The summed E-state index contributed by atoms with van der Waals surface area (Å²) in [6.07, 6.45) is 7.57. The maximum absolute atomic E-state index is 14.2. The Labute approximate surface area is 167 Å². The summed E-state index contributed by atoms with van der Waals surface area (Å²) < 4.78 is 14.2. The van der Waals surface area contributed by atoms with Crippen molar-refractivity contribution in [3.05, 3.63) is 57.8 Å². The average Bonchev–Trinajstić information content (AvgIpc) is 3.16. The molecular formula is C21H22FN3O2S. The molecule has 5 nitrogen and oxygen atoms in total. The van der Waals surface area contributed by atoms with E-state index in [0.717, 1.165) is 11.0 Å². The molecule has 0 bridgehead atoms. The molecule has 146 valence electrons. The van der Waals surface area contributed by atoms with Gasteiger partial charge in [-0.2, -0.15) is 5.26 Å². The van der Waals surface area contributed by atoms with Gasteiger partial charge in [0.05, 0.1) is 5.41 Å². The molecule has 2 atom stereocenters. The Kier molecular flexibility index (Phi) is 5.26. The molecule has 1 spiro atoms. The first kappa shape index (κ1) is 20.0. The fourth-order valence-corrected chi connectivity index (χ4v) is 5.13. The van der Waals surface area contributed by atoms with Crippen LogP contribution in [0.25, 0.3) is 0 Å². The second kappa shape index (κ2) is 7.36. The van der Waals surface area contributed by atoms with Gasteiger partial charge < -0.3 is 10.0 Å². The van der Waals surface area contributed by atoms with Gasteiger partial charge in [-0.1, -0.05) is 19.1 Å². The van der Waals surface area contributed by atoms with Crippen molar-refractivity contribution in [3.8, 4) is 6.07 Å². The molecule has 0 saturated carbocycles. The maximum Gasteiger partial charge on any atom is 0.238 e. The van der Waals surface area contributed by atoms with Crippen LogP contribution in [-0.4, -0.2) is 28.8 Å². The molecule has 2 N–H and O–H groups in total. The molecule has 1 aliphatic heterocycles. The smallest absolute Gasteiger partial charge is 0.238 e. The number of hydrogen-bond acceptors (Lipinski definition) is 5. The molecule has 0 radical (unpaired) electrons. The molecule has 2 aliphatic rings. The van der Waals surface area contributed by atoms with Crippen LogP contribution in [0.15, 0.2) is 48.0 Å². The van der Waals surface area contributed by atoms with Crippen molar-refractivity contribution in [1.82, 2.24) is 4.90 Å². The Morgan fingerprint density at radius 1 is 1.39 bits per heavy atom. The monoisotopic (exact) mass is 399 g/mol. The number of aliphatic hydroxyl groups excluding tert-OH is 1. The Balaban J connectivity index is 2.27. The molecule has 0 aromatic carbocycles. The number of thiophene rings is 1. The summed E-state index contributed by atoms with van der Waals surface area (Å²) in [7, 11) is 1.58. The largest absolute Gasteiger partial charge is 0.505 e. The summed E-state index contributed by atoms with van der Waals surface area (Å²) in [5.74, 6) is -1.35. The number of carbonyl (C=O) groups excluding carboxylic acids is 1. The molecule has 1 aromatic heterocycles. The summed E-state index contributed by atoms with van der Waals surface area (Å²) >= 11 is 1.34. The number of allylic oxidation sites excluding steroid dienone is 4. The van der Waals surface area contributed by atoms with Crippen molar-refractivity contribution in [2.45, 2.75) is 38.0 Å². The predicted octanol–water partition coefficient (Wildman–Crippen LogP) is 4.74. The number of likely N-dealkylation sites (tertiary alicyclic amines) is 1. The Morgan fingerprint density at radius 2 is 2.14 bits per heavy atom. The first-order valence-corrected chi connectivity index (χ1v) is 9.87. The van der Waals surface area contributed by atoms with Crippen molar-refractivity contribution >= 4 is 23.1 Å². The fraction of sp³-hybridized carbons (Fsp3) is 0.381. The Morgan fingerprint density at radius 3 is 2.82 bits per heavy atom. The number of carbonyl (C=O) groups is 1. The Bertz CT molecular complexity index is 955. The molecule has 1 amide bonds. The van der Waals surface area contributed by atoms with Crippen molar-refractivity contribution in [1.29, 1.82) is 10.7 Å². The summed E-state index contributed by atoms with van der Waals surface area (Å²) in [6.45, 7) is 1.97. The molecule has 1 saturated heterocycles. The van der Waals surface area contributed by atoms with Crippen LogP contribution >= 0.6 is 11.3 Å². The van der Waals surface area contributed by atoms with Gasteiger partial charge in [0.25, 0.3) is 0 Å². The van der Waals surface area contributed by atoms with Gasteiger partial charge in [0.2, 0.25) is 5.91 Å². The number of aliphatic hydroxyl groups is 1. The number of hydrogen-bond donors (Lipinski definition) is 2. The highest BCUT2D eigenvalue weighted by Gasteiger charge is 2.55. The number of nitriles is 1. The number of nitrogens with one attached hydrogen (secondary N) is 1. The van der Waals surface area contributed by atoms with E-state index < -0.39 is 22.4 Å². The number of amides is 1. The third-order valence-electron chi connectivity index (χ3n) is 5.90. The number of rotatable bonds is 1. The summed E-state index contributed by atoms with van der Waals surface area (Å²) in [4.78, 5) is 16.4.